The van der Waals surface area contributed by atoms with Gasteiger partial charge in [0.25, 0.3) is 0 Å². The summed E-state index contributed by atoms with van der Waals surface area (Å²) in [6.07, 6.45) is 3.24. The molecule has 3 aromatic carbocycles. The molecule has 5 rings (SSSR count). The van der Waals surface area contributed by atoms with Crippen molar-refractivity contribution < 1.29 is 4.52 Å². The minimum absolute atomic E-state index is 0. The maximum Gasteiger partial charge on any atom is 0.243 e. The van der Waals surface area contributed by atoms with Crippen LogP contribution in [0.25, 0.3) is 22.0 Å². The molecule has 0 aliphatic carbocycles. The van der Waals surface area contributed by atoms with Crippen LogP contribution in [0.15, 0.2) is 89.6 Å². The van der Waals surface area contributed by atoms with Gasteiger partial charge in [-0.3, -0.25) is 0 Å². The number of aromatic amines is 1. The molecule has 5 nitrogen and oxygen atoms in total. The third-order valence-corrected chi connectivity index (χ3v) is 5.34. The van der Waals surface area contributed by atoms with Gasteiger partial charge in [0.05, 0.1) is 6.04 Å². The molecule has 2 aromatic heterocycles. The van der Waals surface area contributed by atoms with Gasteiger partial charge < -0.3 is 15.2 Å². The van der Waals surface area contributed by atoms with E-state index in [1.165, 1.54) is 16.5 Å². The Kier molecular flexibility index (Phi) is 6.16. The Morgan fingerprint density at radius 2 is 1.58 bits per heavy atom. The van der Waals surface area contributed by atoms with Crippen LogP contribution in [-0.2, 0) is 12.8 Å². The molecule has 0 aliphatic rings. The quantitative estimate of drug-likeness (QED) is 0.374. The Hall–Kier alpha value is -3.41. The number of H-pyrrole nitrogens is 1. The fourth-order valence-corrected chi connectivity index (χ4v) is 3.74. The molecular weight excluding hydrogens is 408 g/mol. The molecule has 5 aromatic rings. The Balaban J connectivity index is 0.00000231. The number of nitrogens with one attached hydrogen (secondary N) is 1. The van der Waals surface area contributed by atoms with Gasteiger partial charge in [-0.25, -0.2) is 0 Å². The highest BCUT2D eigenvalue weighted by atomic mass is 35.5. The molecule has 0 saturated heterocycles. The second-order valence-electron chi connectivity index (χ2n) is 7.46. The van der Waals surface area contributed by atoms with Crippen molar-refractivity contribution in [3.05, 3.63) is 108 Å². The van der Waals surface area contributed by atoms with Crippen molar-refractivity contribution in [2.75, 3.05) is 0 Å². The number of benzene rings is 3. The van der Waals surface area contributed by atoms with Gasteiger partial charge in [-0.15, -0.1) is 12.4 Å². The fraction of sp³-hybridized carbons (Fsp3) is 0.120. The van der Waals surface area contributed by atoms with Gasteiger partial charge in [-0.2, -0.15) is 4.98 Å². The lowest BCUT2D eigenvalue weighted by Crippen LogP contribution is -2.13. The van der Waals surface area contributed by atoms with Crippen LogP contribution in [0.4, 0.5) is 0 Å². The van der Waals surface area contributed by atoms with Gasteiger partial charge in [0.15, 0.2) is 5.82 Å². The van der Waals surface area contributed by atoms with Crippen LogP contribution < -0.4 is 5.73 Å². The second-order valence-corrected chi connectivity index (χ2v) is 7.46. The molecule has 6 heteroatoms. The summed E-state index contributed by atoms with van der Waals surface area (Å²) in [5, 5.41) is 5.30. The van der Waals surface area contributed by atoms with Crippen LogP contribution in [0, 0.1) is 0 Å². The molecule has 0 fully saturated rings. The lowest BCUT2D eigenvalue weighted by Gasteiger charge is -2.05. The van der Waals surface area contributed by atoms with Crippen molar-refractivity contribution in [2.24, 2.45) is 5.73 Å². The van der Waals surface area contributed by atoms with E-state index in [1.54, 1.807) is 0 Å². The predicted molar refractivity (Wildman–Crippen MR) is 125 cm³/mol. The van der Waals surface area contributed by atoms with E-state index >= 15 is 0 Å². The monoisotopic (exact) mass is 430 g/mol. The first kappa shape index (κ1) is 20.8. The first-order chi connectivity index (χ1) is 14.8. The average molecular weight is 431 g/mol. The van der Waals surface area contributed by atoms with E-state index in [1.807, 2.05) is 36.5 Å². The van der Waals surface area contributed by atoms with Gasteiger partial charge in [-0.05, 0) is 34.7 Å². The lowest BCUT2D eigenvalue weighted by atomic mass is 10.0. The third kappa shape index (κ3) is 4.53. The van der Waals surface area contributed by atoms with E-state index in [0.29, 0.717) is 24.6 Å². The van der Waals surface area contributed by atoms with Crippen molar-refractivity contribution in [1.82, 2.24) is 15.1 Å². The van der Waals surface area contributed by atoms with E-state index < -0.39 is 0 Å². The summed E-state index contributed by atoms with van der Waals surface area (Å²) in [7, 11) is 0. The third-order valence-electron chi connectivity index (χ3n) is 5.34. The maximum atomic E-state index is 6.36. The number of hydrogen-bond acceptors (Lipinski definition) is 4. The summed E-state index contributed by atoms with van der Waals surface area (Å²) >= 11 is 0. The van der Waals surface area contributed by atoms with Crippen LogP contribution >= 0.6 is 12.4 Å². The van der Waals surface area contributed by atoms with Crippen molar-refractivity contribution in [2.45, 2.75) is 18.9 Å². The Morgan fingerprint density at radius 3 is 2.39 bits per heavy atom. The normalized spacial score (nSPS) is 11.9. The molecule has 31 heavy (non-hydrogen) atoms. The summed E-state index contributed by atoms with van der Waals surface area (Å²) in [5.41, 5.74) is 12.1. The standard InChI is InChI=1S/C25H22N4O.ClH/c26-22(15-20-16-27-23-9-5-4-8-21(20)23)25-28-24(29-30-25)14-17-10-12-19(13-11-17)18-6-2-1-3-7-18;/h1-13,16,22,27H,14-15,26H2;1H/t22-;/m0./s1. The SMILES string of the molecule is Cl.N[C@@H](Cc1c[nH]c2ccccc12)c1nc(Cc2ccc(-c3ccccc3)cc2)no1. The minimum Gasteiger partial charge on any atom is -0.361 e. The maximum absolute atomic E-state index is 6.36. The minimum atomic E-state index is -0.342. The van der Waals surface area contributed by atoms with Crippen LogP contribution in [0.5, 0.6) is 0 Å². The molecule has 0 unspecified atom stereocenters. The largest absolute Gasteiger partial charge is 0.361 e. The summed E-state index contributed by atoms with van der Waals surface area (Å²) in [6.45, 7) is 0. The predicted octanol–water partition coefficient (Wildman–Crippen LogP) is 5.47. The van der Waals surface area contributed by atoms with Gasteiger partial charge >= 0.3 is 0 Å². The van der Waals surface area contributed by atoms with Crippen LogP contribution in [0.3, 0.4) is 0 Å². The van der Waals surface area contributed by atoms with Crippen molar-refractivity contribution in [3.8, 4) is 11.1 Å². The molecule has 0 saturated carbocycles. The van der Waals surface area contributed by atoms with Gasteiger partial charge in [0.2, 0.25) is 5.89 Å². The Labute approximate surface area is 186 Å². The number of aromatic nitrogens is 3. The smallest absolute Gasteiger partial charge is 0.243 e. The van der Waals surface area contributed by atoms with Gasteiger partial charge in [0.1, 0.15) is 0 Å². The molecule has 156 valence electrons. The number of hydrogen-bond donors (Lipinski definition) is 2. The topological polar surface area (TPSA) is 80.7 Å². The summed E-state index contributed by atoms with van der Waals surface area (Å²) in [4.78, 5) is 7.81. The van der Waals surface area contributed by atoms with Crippen molar-refractivity contribution in [1.29, 1.82) is 0 Å². The zero-order valence-corrected chi connectivity index (χ0v) is 17.7. The van der Waals surface area contributed by atoms with Crippen LogP contribution in [0.1, 0.15) is 28.9 Å². The molecule has 0 amide bonds. The highest BCUT2D eigenvalue weighted by Crippen LogP contribution is 2.23. The van der Waals surface area contributed by atoms with E-state index in [2.05, 4.69) is 63.7 Å². The summed E-state index contributed by atoms with van der Waals surface area (Å²) in [5.74, 6) is 1.11. The van der Waals surface area contributed by atoms with Crippen molar-refractivity contribution >= 4 is 23.3 Å². The first-order valence-corrected chi connectivity index (χ1v) is 10.0. The summed E-state index contributed by atoms with van der Waals surface area (Å²) < 4.78 is 5.46. The second kappa shape index (κ2) is 9.16. The molecule has 1 atom stereocenters. The number of para-hydroxylation sites is 1. The Bertz CT molecular complexity index is 1260. The van der Waals surface area contributed by atoms with Crippen LogP contribution in [0.2, 0.25) is 0 Å². The van der Waals surface area contributed by atoms with E-state index in [4.69, 9.17) is 10.3 Å². The first-order valence-electron chi connectivity index (χ1n) is 10.0. The number of fused-ring (bicyclic) bond motifs is 1. The van der Waals surface area contributed by atoms with E-state index in [0.717, 1.165) is 16.6 Å². The molecule has 2 heterocycles. The molecule has 0 aliphatic heterocycles. The number of nitrogens with zero attached hydrogens (tertiary/aromatic N) is 2. The zero-order chi connectivity index (χ0) is 20.3. The number of nitrogens with two attached hydrogens (primary N) is 1. The molecule has 0 spiro atoms. The molecule has 0 bridgehead atoms. The van der Waals surface area contributed by atoms with Gasteiger partial charge in [-0.1, -0.05) is 78.0 Å². The summed E-state index contributed by atoms with van der Waals surface area (Å²) in [6, 6.07) is 26.6. The van der Waals surface area contributed by atoms with Gasteiger partial charge in [0, 0.05) is 23.5 Å². The van der Waals surface area contributed by atoms with Crippen LogP contribution in [-0.4, -0.2) is 15.1 Å². The molecule has 0 radical (unpaired) electrons. The highest BCUT2D eigenvalue weighted by molar-refractivity contribution is 5.85. The lowest BCUT2D eigenvalue weighted by molar-refractivity contribution is 0.351. The Morgan fingerprint density at radius 1 is 0.871 bits per heavy atom. The van der Waals surface area contributed by atoms with Crippen molar-refractivity contribution in [3.63, 3.8) is 0 Å². The molecular formula is C25H23ClN4O. The number of rotatable bonds is 6. The van der Waals surface area contributed by atoms with E-state index in [9.17, 15) is 0 Å². The van der Waals surface area contributed by atoms with E-state index in [-0.39, 0.29) is 18.4 Å². The zero-order valence-electron chi connectivity index (χ0n) is 16.9. The average Bonchev–Trinajstić information content (AvgIpc) is 3.42. The highest BCUT2D eigenvalue weighted by Gasteiger charge is 2.17. The fourth-order valence-electron chi connectivity index (χ4n) is 3.74. The number of halogens is 1. The molecule has 3 N–H and O–H groups in total.